The molecule has 0 fully saturated rings. The summed E-state index contributed by atoms with van der Waals surface area (Å²) in [7, 11) is 0. The zero-order chi connectivity index (χ0) is 18.7. The van der Waals surface area contributed by atoms with Crippen LogP contribution in [0.25, 0.3) is 0 Å². The number of carbonyl (C=O) groups is 2. The van der Waals surface area contributed by atoms with Gasteiger partial charge in [-0.2, -0.15) is 0 Å². The van der Waals surface area contributed by atoms with Gasteiger partial charge in [-0.15, -0.1) is 10.2 Å². The zero-order valence-electron chi connectivity index (χ0n) is 14.4. The molecule has 1 aromatic carbocycles. The third-order valence-electron chi connectivity index (χ3n) is 3.49. The summed E-state index contributed by atoms with van der Waals surface area (Å²) in [6.45, 7) is 7.69. The van der Waals surface area contributed by atoms with Crippen LogP contribution in [0.15, 0.2) is 45.1 Å². The van der Waals surface area contributed by atoms with E-state index in [0.717, 1.165) is 25.7 Å². The van der Waals surface area contributed by atoms with E-state index in [1.165, 1.54) is 28.0 Å². The number of fused-ring (bicyclic) bond motifs is 1. The summed E-state index contributed by atoms with van der Waals surface area (Å²) in [6, 6.07) is 7.31. The van der Waals surface area contributed by atoms with E-state index in [4.69, 9.17) is 0 Å². The van der Waals surface area contributed by atoms with Crippen molar-refractivity contribution in [1.29, 1.82) is 0 Å². The number of nitrogens with one attached hydrogen (secondary N) is 1. The number of aromatic nitrogens is 2. The molecule has 1 aromatic heterocycles. The van der Waals surface area contributed by atoms with Crippen molar-refractivity contribution in [2.75, 3.05) is 22.5 Å². The Balaban J connectivity index is 1.69. The summed E-state index contributed by atoms with van der Waals surface area (Å²) in [5.74, 6) is 0.486. The second-order valence-corrected chi connectivity index (χ2v) is 9.62. The molecule has 6 nitrogen and oxygen atoms in total. The first-order valence-electron chi connectivity index (χ1n) is 7.91. The molecule has 3 rings (SSSR count). The molecule has 2 aromatic rings. The third-order valence-corrected chi connectivity index (χ3v) is 6.95. The van der Waals surface area contributed by atoms with Crippen LogP contribution in [-0.2, 0) is 9.59 Å². The van der Waals surface area contributed by atoms with Crippen LogP contribution < -0.4 is 10.2 Å². The summed E-state index contributed by atoms with van der Waals surface area (Å²) in [5.41, 5.74) is 2.45. The highest BCUT2D eigenvalue weighted by Crippen LogP contribution is 2.34. The number of anilines is 2. The Morgan fingerprint density at radius 3 is 2.88 bits per heavy atom. The smallest absolute Gasteiger partial charge is 0.244 e. The predicted molar refractivity (Wildman–Crippen MR) is 108 cm³/mol. The van der Waals surface area contributed by atoms with E-state index in [1.54, 1.807) is 17.8 Å². The van der Waals surface area contributed by atoms with Crippen LogP contribution in [0.2, 0.25) is 0 Å². The van der Waals surface area contributed by atoms with Gasteiger partial charge in [0.1, 0.15) is 6.54 Å². The van der Waals surface area contributed by atoms with Crippen molar-refractivity contribution in [3.8, 4) is 0 Å². The topological polar surface area (TPSA) is 75.2 Å². The molecule has 0 radical (unpaired) electrons. The molecule has 2 amide bonds. The molecule has 0 bridgehead atoms. The number of hydrogen-bond donors (Lipinski definition) is 1. The van der Waals surface area contributed by atoms with Crippen molar-refractivity contribution in [3.05, 3.63) is 36.4 Å². The average molecular weight is 407 g/mol. The number of carbonyl (C=O) groups excluding carboxylic acids is 2. The normalized spacial score (nSPS) is 14.5. The summed E-state index contributed by atoms with van der Waals surface area (Å²) >= 11 is 4.42. The lowest BCUT2D eigenvalue weighted by atomic mass is 10.2. The number of para-hydroxylation sites is 2. The summed E-state index contributed by atoms with van der Waals surface area (Å²) in [5, 5.41) is 10.7. The Bertz CT molecular complexity index is 852. The number of thioether (sulfide) groups is 2. The zero-order valence-corrected chi connectivity index (χ0v) is 16.8. The Hall–Kier alpha value is -1.84. The average Bonchev–Trinajstić information content (AvgIpc) is 3.06. The molecule has 1 atom stereocenters. The van der Waals surface area contributed by atoms with Crippen molar-refractivity contribution in [3.63, 3.8) is 0 Å². The molecular weight excluding hydrogens is 388 g/mol. The van der Waals surface area contributed by atoms with E-state index in [9.17, 15) is 9.59 Å². The molecule has 0 saturated carbocycles. The second kappa shape index (κ2) is 8.24. The van der Waals surface area contributed by atoms with Crippen LogP contribution >= 0.6 is 34.9 Å². The van der Waals surface area contributed by atoms with E-state index in [1.807, 2.05) is 32.0 Å². The minimum atomic E-state index is -0.374. The van der Waals surface area contributed by atoms with Crippen LogP contribution in [0.5, 0.6) is 0 Å². The largest absolute Gasteiger partial charge is 0.323 e. The van der Waals surface area contributed by atoms with E-state index in [0.29, 0.717) is 5.69 Å². The van der Waals surface area contributed by atoms with Crippen LogP contribution in [0, 0.1) is 0 Å². The van der Waals surface area contributed by atoms with Crippen molar-refractivity contribution < 1.29 is 9.59 Å². The van der Waals surface area contributed by atoms with Gasteiger partial charge in [0, 0.05) is 5.75 Å². The Kier molecular flexibility index (Phi) is 6.00. The van der Waals surface area contributed by atoms with Crippen LogP contribution in [0.1, 0.15) is 13.8 Å². The lowest BCUT2D eigenvalue weighted by Gasteiger charge is -2.30. The molecule has 9 heteroatoms. The molecule has 136 valence electrons. The lowest BCUT2D eigenvalue weighted by molar-refractivity contribution is -0.121. The molecule has 1 N–H and O–H groups in total. The highest BCUT2D eigenvalue weighted by Gasteiger charge is 2.30. The molecule has 2 heterocycles. The third kappa shape index (κ3) is 4.46. The van der Waals surface area contributed by atoms with E-state index >= 15 is 0 Å². The fourth-order valence-electron chi connectivity index (χ4n) is 2.34. The van der Waals surface area contributed by atoms with Crippen LogP contribution in [-0.4, -0.2) is 39.6 Å². The number of nitrogens with zero attached hydrogens (tertiary/aromatic N) is 3. The molecule has 0 unspecified atom stereocenters. The summed E-state index contributed by atoms with van der Waals surface area (Å²) in [4.78, 5) is 26.3. The minimum absolute atomic E-state index is 0.0244. The van der Waals surface area contributed by atoms with Gasteiger partial charge in [0.05, 0.1) is 16.6 Å². The van der Waals surface area contributed by atoms with Gasteiger partial charge < -0.3 is 5.32 Å². The van der Waals surface area contributed by atoms with Crippen molar-refractivity contribution in [1.82, 2.24) is 10.2 Å². The fraction of sp³-hybridized carbons (Fsp3) is 0.294. The van der Waals surface area contributed by atoms with Crippen molar-refractivity contribution in [2.45, 2.75) is 27.8 Å². The maximum absolute atomic E-state index is 12.9. The fourth-order valence-corrected chi connectivity index (χ4v) is 5.41. The monoisotopic (exact) mass is 406 g/mol. The number of benzene rings is 1. The standard InChI is InChI=1S/C17H18N4O2S3/c1-10(2)9-24-16-19-20-17(26-16)25-11(3)15(23)21-8-14(22)18-12-6-4-5-7-13(12)21/h4-7,11H,1,8-9H2,2-3H3,(H,18,22)/t11-/m0/s1. The Labute approximate surface area is 164 Å². The Morgan fingerprint density at radius 1 is 1.38 bits per heavy atom. The van der Waals surface area contributed by atoms with Crippen molar-refractivity contribution in [2.24, 2.45) is 0 Å². The minimum Gasteiger partial charge on any atom is -0.323 e. The molecular formula is C17H18N4O2S3. The van der Waals surface area contributed by atoms with Gasteiger partial charge in [-0.05, 0) is 26.0 Å². The van der Waals surface area contributed by atoms with E-state index < -0.39 is 0 Å². The molecule has 0 spiro atoms. The van der Waals surface area contributed by atoms with Gasteiger partial charge in [-0.3, -0.25) is 14.5 Å². The molecule has 26 heavy (non-hydrogen) atoms. The predicted octanol–water partition coefficient (Wildman–Crippen LogP) is 3.67. The van der Waals surface area contributed by atoms with Gasteiger partial charge in [0.2, 0.25) is 11.8 Å². The first-order chi connectivity index (χ1) is 12.4. The second-order valence-electron chi connectivity index (χ2n) is 5.83. The Morgan fingerprint density at radius 2 is 2.12 bits per heavy atom. The molecule has 0 saturated heterocycles. The molecule has 1 aliphatic heterocycles. The van der Waals surface area contributed by atoms with Crippen molar-refractivity contribution >= 4 is 58.0 Å². The van der Waals surface area contributed by atoms with Gasteiger partial charge in [0.15, 0.2) is 8.68 Å². The molecule has 0 aliphatic carbocycles. The number of amides is 2. The highest BCUT2D eigenvalue weighted by atomic mass is 32.2. The quantitative estimate of drug-likeness (QED) is 0.583. The van der Waals surface area contributed by atoms with E-state index in [2.05, 4.69) is 22.1 Å². The van der Waals surface area contributed by atoms with Gasteiger partial charge in [-0.1, -0.05) is 59.1 Å². The number of rotatable bonds is 6. The first kappa shape index (κ1) is 18.9. The van der Waals surface area contributed by atoms with Gasteiger partial charge in [0.25, 0.3) is 0 Å². The summed E-state index contributed by atoms with van der Waals surface area (Å²) < 4.78 is 1.60. The maximum Gasteiger partial charge on any atom is 0.244 e. The number of hydrogen-bond acceptors (Lipinski definition) is 7. The summed E-state index contributed by atoms with van der Waals surface area (Å²) in [6.07, 6.45) is 0. The highest BCUT2D eigenvalue weighted by molar-refractivity contribution is 8.04. The van der Waals surface area contributed by atoms with Crippen LogP contribution in [0.4, 0.5) is 11.4 Å². The van der Waals surface area contributed by atoms with Gasteiger partial charge >= 0.3 is 0 Å². The maximum atomic E-state index is 12.9. The van der Waals surface area contributed by atoms with Gasteiger partial charge in [-0.25, -0.2) is 0 Å². The van der Waals surface area contributed by atoms with Crippen LogP contribution in [0.3, 0.4) is 0 Å². The SMILES string of the molecule is C=C(C)CSc1nnc(S[C@@H](C)C(=O)N2CC(=O)Nc3ccccc32)s1. The molecule has 1 aliphatic rings. The first-order valence-corrected chi connectivity index (χ1v) is 10.6. The lowest BCUT2D eigenvalue weighted by Crippen LogP contribution is -2.45. The van der Waals surface area contributed by atoms with E-state index in [-0.39, 0.29) is 23.6 Å².